The Bertz CT molecular complexity index is 1170. The van der Waals surface area contributed by atoms with Gasteiger partial charge in [0.1, 0.15) is 6.17 Å². The van der Waals surface area contributed by atoms with Crippen LogP contribution in [-0.2, 0) is 16.4 Å². The second-order valence-electron chi connectivity index (χ2n) is 9.89. The molecule has 2 aromatic rings. The molecule has 0 aromatic heterocycles. The molecule has 0 radical (unpaired) electrons. The molecule has 8 heteroatoms. The van der Waals surface area contributed by atoms with E-state index in [-0.39, 0.29) is 11.5 Å². The van der Waals surface area contributed by atoms with Crippen LogP contribution >= 0.6 is 0 Å². The van der Waals surface area contributed by atoms with Crippen LogP contribution in [0, 0.1) is 5.41 Å². The molecule has 2 aromatic carbocycles. The quantitative estimate of drug-likeness (QED) is 0.714. The van der Waals surface area contributed by atoms with Crippen LogP contribution < -0.4 is 14.9 Å². The van der Waals surface area contributed by atoms with Gasteiger partial charge < -0.3 is 10.2 Å². The Morgan fingerprint density at radius 1 is 1.16 bits per heavy atom. The van der Waals surface area contributed by atoms with Crippen molar-refractivity contribution in [2.45, 2.75) is 50.6 Å². The van der Waals surface area contributed by atoms with Gasteiger partial charge in [0.25, 0.3) is 5.91 Å². The van der Waals surface area contributed by atoms with Gasteiger partial charge in [-0.1, -0.05) is 26.0 Å². The fourth-order valence-corrected chi connectivity index (χ4v) is 5.99. The van der Waals surface area contributed by atoms with Gasteiger partial charge in [-0.2, -0.15) is 0 Å². The van der Waals surface area contributed by atoms with Crippen LogP contribution in [0.5, 0.6) is 0 Å². The minimum Gasteiger partial charge on any atom is -0.377 e. The van der Waals surface area contributed by atoms with E-state index in [1.165, 1.54) is 0 Å². The van der Waals surface area contributed by atoms with Gasteiger partial charge in [0, 0.05) is 16.9 Å². The van der Waals surface area contributed by atoms with E-state index < -0.39 is 27.4 Å². The normalized spacial score (nSPS) is 22.5. The second-order valence-corrected chi connectivity index (χ2v) is 11.8. The molecule has 1 atom stereocenters. The van der Waals surface area contributed by atoms with Crippen molar-refractivity contribution in [2.75, 3.05) is 23.3 Å². The van der Waals surface area contributed by atoms with E-state index in [1.54, 1.807) is 12.1 Å². The Morgan fingerprint density at radius 3 is 2.59 bits per heavy atom. The van der Waals surface area contributed by atoms with Gasteiger partial charge in [-0.05, 0) is 66.1 Å². The molecule has 6 nitrogen and oxygen atoms in total. The third-order valence-electron chi connectivity index (χ3n) is 6.70. The maximum absolute atomic E-state index is 13.3. The van der Waals surface area contributed by atoms with Crippen molar-refractivity contribution >= 4 is 27.3 Å². The number of carbonyl (C=O) groups is 1. The Hall–Kier alpha value is -2.61. The second kappa shape index (κ2) is 7.47. The zero-order valence-electron chi connectivity index (χ0n) is 18.3. The van der Waals surface area contributed by atoms with Crippen LogP contribution in [0.15, 0.2) is 42.5 Å². The summed E-state index contributed by atoms with van der Waals surface area (Å²) in [5.41, 5.74) is 4.29. The van der Waals surface area contributed by atoms with Crippen LogP contribution in [0.3, 0.4) is 0 Å². The molecule has 170 valence electrons. The van der Waals surface area contributed by atoms with E-state index in [2.05, 4.69) is 36.0 Å². The van der Waals surface area contributed by atoms with Gasteiger partial charge in [-0.25, -0.2) is 17.5 Å². The highest BCUT2D eigenvalue weighted by atomic mass is 32.2. The molecule has 1 saturated carbocycles. The van der Waals surface area contributed by atoms with Gasteiger partial charge in [0.2, 0.25) is 10.0 Å². The lowest BCUT2D eigenvalue weighted by Crippen LogP contribution is -2.48. The molecular weight excluding hydrogens is 429 g/mol. The Kier molecular flexibility index (Phi) is 4.96. The predicted octanol–water partition coefficient (Wildman–Crippen LogP) is 3.80. The van der Waals surface area contributed by atoms with E-state index in [4.69, 9.17) is 0 Å². The number of nitrogens with zero attached hydrogens (tertiary/aromatic N) is 1. The molecule has 3 aliphatic rings. The van der Waals surface area contributed by atoms with Crippen molar-refractivity contribution in [1.82, 2.24) is 4.72 Å². The predicted molar refractivity (Wildman–Crippen MR) is 123 cm³/mol. The van der Waals surface area contributed by atoms with E-state index in [0.717, 1.165) is 28.9 Å². The summed E-state index contributed by atoms with van der Waals surface area (Å²) >= 11 is 0. The fourth-order valence-electron chi connectivity index (χ4n) is 4.69. The average Bonchev–Trinajstić information content (AvgIpc) is 3.55. The molecule has 2 N–H and O–H groups in total. The largest absolute Gasteiger partial charge is 0.377 e. The molecule has 0 spiro atoms. The van der Waals surface area contributed by atoms with E-state index in [9.17, 15) is 17.6 Å². The van der Waals surface area contributed by atoms with Crippen molar-refractivity contribution in [3.63, 3.8) is 0 Å². The smallest absolute Gasteiger partial charge is 0.264 e. The SMILES string of the molecule is CC1(C)Cc2cc(C(=O)NS(=O)(=O)C3CC3)ccc2NC1c1cccc(N2CC(F)C2)c1. The van der Waals surface area contributed by atoms with Gasteiger partial charge in [0.05, 0.1) is 24.4 Å². The van der Waals surface area contributed by atoms with Crippen LogP contribution in [0.2, 0.25) is 0 Å². The lowest BCUT2D eigenvalue weighted by Gasteiger charge is -2.42. The number of amides is 1. The molecule has 32 heavy (non-hydrogen) atoms. The number of hydrogen-bond acceptors (Lipinski definition) is 5. The molecule has 1 aliphatic carbocycles. The van der Waals surface area contributed by atoms with Crippen molar-refractivity contribution < 1.29 is 17.6 Å². The topological polar surface area (TPSA) is 78.5 Å². The molecule has 1 amide bonds. The standard InChI is InChI=1S/C24H28FN3O3S/c1-24(2)12-17-10-16(23(29)27-32(30,31)20-7-8-20)6-9-21(17)26-22(24)15-4-3-5-19(11-15)28-13-18(25)14-28/h3-6,9-11,18,20,22,26H,7-8,12-14H2,1-2H3,(H,27,29). The average molecular weight is 458 g/mol. The zero-order valence-corrected chi connectivity index (χ0v) is 19.1. The number of nitrogens with one attached hydrogen (secondary N) is 2. The molecule has 2 aliphatic heterocycles. The third kappa shape index (κ3) is 3.96. The summed E-state index contributed by atoms with van der Waals surface area (Å²) in [4.78, 5) is 14.6. The maximum atomic E-state index is 13.3. The third-order valence-corrected chi connectivity index (χ3v) is 8.52. The molecule has 2 heterocycles. The zero-order chi connectivity index (χ0) is 22.7. The number of benzene rings is 2. The summed E-state index contributed by atoms with van der Waals surface area (Å²) in [6.45, 7) is 5.22. The molecule has 1 unspecified atom stereocenters. The maximum Gasteiger partial charge on any atom is 0.264 e. The van der Waals surface area contributed by atoms with Crippen molar-refractivity contribution in [3.05, 3.63) is 59.2 Å². The molecule has 2 fully saturated rings. The van der Waals surface area contributed by atoms with Crippen molar-refractivity contribution in [1.29, 1.82) is 0 Å². The van der Waals surface area contributed by atoms with Gasteiger partial charge in [-0.15, -0.1) is 0 Å². The number of sulfonamides is 1. The van der Waals surface area contributed by atoms with E-state index in [0.29, 0.717) is 31.5 Å². The van der Waals surface area contributed by atoms with Crippen molar-refractivity contribution in [3.8, 4) is 0 Å². The summed E-state index contributed by atoms with van der Waals surface area (Å²) in [6.07, 6.45) is 1.20. The highest BCUT2D eigenvalue weighted by Crippen LogP contribution is 2.45. The minimum atomic E-state index is -3.58. The Morgan fingerprint density at radius 2 is 1.91 bits per heavy atom. The number of hydrogen-bond donors (Lipinski definition) is 2. The van der Waals surface area contributed by atoms with Crippen LogP contribution in [0.4, 0.5) is 15.8 Å². The van der Waals surface area contributed by atoms with Gasteiger partial charge >= 0.3 is 0 Å². The number of carbonyl (C=O) groups excluding carboxylic acids is 1. The lowest BCUT2D eigenvalue weighted by molar-refractivity contribution is 0.0981. The summed E-state index contributed by atoms with van der Waals surface area (Å²) in [6, 6.07) is 13.6. The molecule has 1 saturated heterocycles. The Labute approximate surface area is 188 Å². The van der Waals surface area contributed by atoms with E-state index >= 15 is 0 Å². The van der Waals surface area contributed by atoms with Gasteiger partial charge in [-0.3, -0.25) is 4.79 Å². The summed E-state index contributed by atoms with van der Waals surface area (Å²) in [5, 5.41) is 3.18. The summed E-state index contributed by atoms with van der Waals surface area (Å²) in [5.74, 6) is -0.576. The van der Waals surface area contributed by atoms with Crippen LogP contribution in [0.1, 0.15) is 54.2 Å². The number of rotatable bonds is 5. The first-order chi connectivity index (χ1) is 15.1. The minimum absolute atomic E-state index is 0.0484. The van der Waals surface area contributed by atoms with Gasteiger partial charge in [0.15, 0.2) is 0 Å². The monoisotopic (exact) mass is 457 g/mol. The molecule has 0 bridgehead atoms. The lowest BCUT2D eigenvalue weighted by atomic mass is 9.72. The van der Waals surface area contributed by atoms with E-state index in [1.807, 2.05) is 23.1 Å². The van der Waals surface area contributed by atoms with Crippen molar-refractivity contribution in [2.24, 2.45) is 5.41 Å². The Balaban J connectivity index is 1.37. The van der Waals surface area contributed by atoms with Crippen LogP contribution in [-0.4, -0.2) is 38.8 Å². The first kappa shape index (κ1) is 21.2. The molecular formula is C24H28FN3O3S. The number of alkyl halides is 1. The highest BCUT2D eigenvalue weighted by molar-refractivity contribution is 7.91. The van der Waals surface area contributed by atoms with Crippen LogP contribution in [0.25, 0.3) is 0 Å². The first-order valence-electron chi connectivity index (χ1n) is 11.1. The number of fused-ring (bicyclic) bond motifs is 1. The fraction of sp³-hybridized carbons (Fsp3) is 0.458. The first-order valence-corrected chi connectivity index (χ1v) is 12.6. The summed E-state index contributed by atoms with van der Waals surface area (Å²) < 4.78 is 39.8. The highest BCUT2D eigenvalue weighted by Gasteiger charge is 2.38. The number of halogens is 1. The molecule has 5 rings (SSSR count). The summed E-state index contributed by atoms with van der Waals surface area (Å²) in [7, 11) is -3.58. The number of anilines is 2.